The first-order valence-corrected chi connectivity index (χ1v) is 8.88. The molecule has 0 spiro atoms. The molecule has 0 unspecified atom stereocenters. The number of nitrogens with zero attached hydrogens (tertiary/aromatic N) is 5. The molecule has 0 amide bonds. The molecule has 0 aliphatic carbocycles. The molecule has 7 nitrogen and oxygen atoms in total. The summed E-state index contributed by atoms with van der Waals surface area (Å²) in [6.45, 7) is 0. The third kappa shape index (κ3) is 3.60. The number of hydrogen-bond acceptors (Lipinski definition) is 7. The van der Waals surface area contributed by atoms with E-state index in [1.54, 1.807) is 11.8 Å². The lowest BCUT2D eigenvalue weighted by atomic mass is 10.2. The Morgan fingerprint density at radius 2 is 1.81 bits per heavy atom. The lowest BCUT2D eigenvalue weighted by Gasteiger charge is -2.01. The van der Waals surface area contributed by atoms with Gasteiger partial charge in [-0.2, -0.15) is 0 Å². The summed E-state index contributed by atoms with van der Waals surface area (Å²) in [6.07, 6.45) is 1.88. The molecule has 2 aromatic carbocycles. The summed E-state index contributed by atoms with van der Waals surface area (Å²) in [5, 5.41) is 17.0. The van der Waals surface area contributed by atoms with Gasteiger partial charge in [0, 0.05) is 11.3 Å². The number of ether oxygens (including phenoxy) is 1. The molecule has 0 aliphatic rings. The van der Waals surface area contributed by atoms with Crippen LogP contribution < -0.4 is 4.74 Å². The van der Waals surface area contributed by atoms with Crippen LogP contribution in [-0.2, 0) is 5.75 Å². The Labute approximate surface area is 154 Å². The Hall–Kier alpha value is -3.13. The second-order valence-corrected chi connectivity index (χ2v) is 6.31. The van der Waals surface area contributed by atoms with Gasteiger partial charge in [-0.05, 0) is 36.4 Å². The van der Waals surface area contributed by atoms with Crippen LogP contribution in [0, 0.1) is 0 Å². The molecule has 130 valence electrons. The Kier molecular flexibility index (Phi) is 4.65. The SMILES string of the molecule is COc1ccc(-n2cc(CSc3nnc(-c4ccccc4)o3)nn2)cc1. The van der Waals surface area contributed by atoms with Crippen LogP contribution in [0.1, 0.15) is 5.69 Å². The van der Waals surface area contributed by atoms with Gasteiger partial charge in [-0.3, -0.25) is 0 Å². The third-order valence-electron chi connectivity index (χ3n) is 3.65. The number of aromatic nitrogens is 5. The molecule has 2 heterocycles. The molecule has 4 aromatic rings. The second kappa shape index (κ2) is 7.40. The van der Waals surface area contributed by atoms with Crippen LogP contribution >= 0.6 is 11.8 Å². The van der Waals surface area contributed by atoms with Crippen molar-refractivity contribution < 1.29 is 9.15 Å². The summed E-state index contributed by atoms with van der Waals surface area (Å²) >= 11 is 1.43. The van der Waals surface area contributed by atoms with E-state index in [-0.39, 0.29) is 0 Å². The maximum absolute atomic E-state index is 5.68. The zero-order chi connectivity index (χ0) is 17.8. The average molecular weight is 365 g/mol. The minimum Gasteiger partial charge on any atom is -0.497 e. The van der Waals surface area contributed by atoms with Gasteiger partial charge in [-0.25, -0.2) is 4.68 Å². The Balaban J connectivity index is 1.41. The molecule has 0 saturated heterocycles. The van der Waals surface area contributed by atoms with Crippen molar-refractivity contribution in [3.8, 4) is 22.9 Å². The first kappa shape index (κ1) is 16.3. The lowest BCUT2D eigenvalue weighted by Crippen LogP contribution is -1.94. The van der Waals surface area contributed by atoms with Crippen molar-refractivity contribution in [3.63, 3.8) is 0 Å². The van der Waals surface area contributed by atoms with Gasteiger partial charge in [0.2, 0.25) is 5.89 Å². The summed E-state index contributed by atoms with van der Waals surface area (Å²) in [7, 11) is 1.64. The number of methoxy groups -OCH3 is 1. The third-order valence-corrected chi connectivity index (χ3v) is 4.50. The van der Waals surface area contributed by atoms with Gasteiger partial charge in [0.1, 0.15) is 5.75 Å². The molecule has 0 N–H and O–H groups in total. The fraction of sp³-hybridized carbons (Fsp3) is 0.111. The van der Waals surface area contributed by atoms with Gasteiger partial charge in [-0.1, -0.05) is 35.2 Å². The van der Waals surface area contributed by atoms with Gasteiger partial charge in [-0.15, -0.1) is 15.3 Å². The fourth-order valence-electron chi connectivity index (χ4n) is 2.33. The predicted molar refractivity (Wildman–Crippen MR) is 97.2 cm³/mol. The summed E-state index contributed by atoms with van der Waals surface area (Å²) in [5.41, 5.74) is 2.64. The fourth-order valence-corrected chi connectivity index (χ4v) is 2.97. The number of rotatable bonds is 6. The van der Waals surface area contributed by atoms with Crippen molar-refractivity contribution in [1.29, 1.82) is 0 Å². The Morgan fingerprint density at radius 1 is 1.00 bits per heavy atom. The molecule has 0 aliphatic heterocycles. The minimum absolute atomic E-state index is 0.503. The lowest BCUT2D eigenvalue weighted by molar-refractivity contribution is 0.414. The van der Waals surface area contributed by atoms with Crippen LogP contribution in [0.15, 0.2) is 70.4 Å². The minimum atomic E-state index is 0.503. The summed E-state index contributed by atoms with van der Waals surface area (Å²) in [6, 6.07) is 17.3. The van der Waals surface area contributed by atoms with Gasteiger partial charge in [0.05, 0.1) is 24.7 Å². The standard InChI is InChI=1S/C18H15N5O2S/c1-24-16-9-7-15(8-10-16)23-11-14(19-22-23)12-26-18-21-20-17(25-18)13-5-3-2-4-6-13/h2-11H,12H2,1H3. The summed E-state index contributed by atoms with van der Waals surface area (Å²) in [5.74, 6) is 1.90. The van der Waals surface area contributed by atoms with Gasteiger partial charge in [0.25, 0.3) is 5.22 Å². The highest BCUT2D eigenvalue weighted by atomic mass is 32.2. The van der Waals surface area contributed by atoms with Crippen molar-refractivity contribution in [2.75, 3.05) is 7.11 Å². The van der Waals surface area contributed by atoms with Crippen LogP contribution in [0.3, 0.4) is 0 Å². The number of thioether (sulfide) groups is 1. The summed E-state index contributed by atoms with van der Waals surface area (Å²) in [4.78, 5) is 0. The molecule has 0 saturated carbocycles. The van der Waals surface area contributed by atoms with Crippen molar-refractivity contribution in [2.45, 2.75) is 11.0 Å². The van der Waals surface area contributed by atoms with E-state index in [4.69, 9.17) is 9.15 Å². The van der Waals surface area contributed by atoms with Crippen LogP contribution in [0.25, 0.3) is 17.1 Å². The maximum atomic E-state index is 5.68. The molecule has 2 aromatic heterocycles. The largest absolute Gasteiger partial charge is 0.497 e. The molecule has 0 fully saturated rings. The number of hydrogen-bond donors (Lipinski definition) is 0. The van der Waals surface area contributed by atoms with E-state index < -0.39 is 0 Å². The van der Waals surface area contributed by atoms with E-state index in [1.807, 2.05) is 60.8 Å². The van der Waals surface area contributed by atoms with E-state index in [9.17, 15) is 0 Å². The highest BCUT2D eigenvalue weighted by molar-refractivity contribution is 7.98. The molecular weight excluding hydrogens is 350 g/mol. The summed E-state index contributed by atoms with van der Waals surface area (Å²) < 4.78 is 12.6. The van der Waals surface area contributed by atoms with Crippen molar-refractivity contribution >= 4 is 11.8 Å². The molecule has 26 heavy (non-hydrogen) atoms. The van der Waals surface area contributed by atoms with E-state index in [0.29, 0.717) is 16.9 Å². The molecular formula is C18H15N5O2S. The van der Waals surface area contributed by atoms with Gasteiger partial charge >= 0.3 is 0 Å². The first-order chi connectivity index (χ1) is 12.8. The molecule has 8 heteroatoms. The molecule has 0 radical (unpaired) electrons. The average Bonchev–Trinajstić information content (AvgIpc) is 3.37. The Bertz CT molecular complexity index is 982. The first-order valence-electron chi connectivity index (χ1n) is 7.89. The van der Waals surface area contributed by atoms with Gasteiger partial charge in [0.15, 0.2) is 0 Å². The van der Waals surface area contributed by atoms with Crippen molar-refractivity contribution in [1.82, 2.24) is 25.2 Å². The predicted octanol–water partition coefficient (Wildman–Crippen LogP) is 3.62. The Morgan fingerprint density at radius 3 is 2.58 bits per heavy atom. The zero-order valence-electron chi connectivity index (χ0n) is 13.9. The molecule has 4 rings (SSSR count). The normalized spacial score (nSPS) is 10.8. The van der Waals surface area contributed by atoms with Crippen molar-refractivity contribution in [2.24, 2.45) is 0 Å². The van der Waals surface area contributed by atoms with Crippen LogP contribution in [0.5, 0.6) is 5.75 Å². The van der Waals surface area contributed by atoms with E-state index in [0.717, 1.165) is 22.7 Å². The molecule has 0 atom stereocenters. The van der Waals surface area contributed by atoms with Crippen LogP contribution in [0.2, 0.25) is 0 Å². The number of benzene rings is 2. The van der Waals surface area contributed by atoms with Crippen LogP contribution in [0.4, 0.5) is 0 Å². The van der Waals surface area contributed by atoms with E-state index >= 15 is 0 Å². The van der Waals surface area contributed by atoms with Crippen molar-refractivity contribution in [3.05, 3.63) is 66.5 Å². The van der Waals surface area contributed by atoms with E-state index in [2.05, 4.69) is 20.5 Å². The highest BCUT2D eigenvalue weighted by Gasteiger charge is 2.10. The highest BCUT2D eigenvalue weighted by Crippen LogP contribution is 2.25. The zero-order valence-corrected chi connectivity index (χ0v) is 14.8. The monoisotopic (exact) mass is 365 g/mol. The quantitative estimate of drug-likeness (QED) is 0.483. The second-order valence-electron chi connectivity index (χ2n) is 5.38. The topological polar surface area (TPSA) is 78.9 Å². The van der Waals surface area contributed by atoms with Crippen LogP contribution in [-0.4, -0.2) is 32.3 Å². The van der Waals surface area contributed by atoms with Gasteiger partial charge < -0.3 is 9.15 Å². The molecule has 0 bridgehead atoms. The smallest absolute Gasteiger partial charge is 0.277 e. The maximum Gasteiger partial charge on any atom is 0.277 e. The van der Waals surface area contributed by atoms with E-state index in [1.165, 1.54) is 11.8 Å².